The van der Waals surface area contributed by atoms with Crippen LogP contribution in [-0.2, 0) is 25.7 Å². The SMILES string of the molecule is Cc1ncsc1-c1ccc(CNC(=O)[C@@H]2C[C@@H](O)CN2C(=O)[C@@H](NC(=O)COc2cnc(N3CCC(CCCC(=O)O)CC3)nc2)C(C)(C)C)cc1. The first-order valence-electron chi connectivity index (χ1n) is 17.7. The second-order valence-electron chi connectivity index (χ2n) is 14.7. The number of aromatic nitrogens is 3. The lowest BCUT2D eigenvalue weighted by molar-refractivity contribution is -0.144. The van der Waals surface area contributed by atoms with Crippen molar-refractivity contribution in [3.63, 3.8) is 0 Å². The van der Waals surface area contributed by atoms with E-state index in [1.54, 1.807) is 11.3 Å². The number of anilines is 1. The number of aliphatic hydroxyl groups is 1. The Morgan fingerprint density at radius 3 is 2.37 bits per heavy atom. The molecule has 0 aliphatic carbocycles. The highest BCUT2D eigenvalue weighted by molar-refractivity contribution is 7.13. The fraction of sp³-hybridized carbons (Fsp3) is 0.541. The molecule has 2 aromatic heterocycles. The van der Waals surface area contributed by atoms with E-state index >= 15 is 0 Å². The van der Waals surface area contributed by atoms with Crippen molar-refractivity contribution in [2.45, 2.75) is 91.0 Å². The number of benzene rings is 1. The van der Waals surface area contributed by atoms with E-state index in [-0.39, 0.29) is 38.4 Å². The van der Waals surface area contributed by atoms with Crippen molar-refractivity contribution in [3.05, 3.63) is 53.4 Å². The number of rotatable bonds is 14. The molecule has 14 nitrogen and oxygen atoms in total. The van der Waals surface area contributed by atoms with E-state index in [0.29, 0.717) is 24.0 Å². The summed E-state index contributed by atoms with van der Waals surface area (Å²) in [5.41, 5.74) is 4.00. The molecule has 2 fully saturated rings. The van der Waals surface area contributed by atoms with Gasteiger partial charge in [0.05, 0.1) is 34.6 Å². The molecule has 52 heavy (non-hydrogen) atoms. The Morgan fingerprint density at radius 1 is 1.06 bits per heavy atom. The Kier molecular flexibility index (Phi) is 12.8. The number of carboxylic acids is 1. The minimum atomic E-state index is -0.988. The van der Waals surface area contributed by atoms with Gasteiger partial charge in [-0.3, -0.25) is 19.2 Å². The molecule has 15 heteroatoms. The number of aryl methyl sites for hydroxylation is 1. The third-order valence-corrected chi connectivity index (χ3v) is 10.6. The van der Waals surface area contributed by atoms with Crippen LogP contribution in [0.4, 0.5) is 5.95 Å². The van der Waals surface area contributed by atoms with Crippen LogP contribution in [0.5, 0.6) is 5.75 Å². The van der Waals surface area contributed by atoms with E-state index in [4.69, 9.17) is 9.84 Å². The van der Waals surface area contributed by atoms with Crippen LogP contribution in [0.25, 0.3) is 10.4 Å². The number of nitrogens with one attached hydrogen (secondary N) is 2. The van der Waals surface area contributed by atoms with E-state index < -0.39 is 41.4 Å². The molecule has 3 atom stereocenters. The van der Waals surface area contributed by atoms with E-state index in [0.717, 1.165) is 54.0 Å². The number of carbonyl (C=O) groups is 4. The first kappa shape index (κ1) is 38.6. The lowest BCUT2D eigenvalue weighted by Crippen LogP contribution is -2.58. The van der Waals surface area contributed by atoms with Crippen LogP contribution >= 0.6 is 11.3 Å². The Balaban J connectivity index is 1.11. The minimum Gasteiger partial charge on any atom is -0.481 e. The maximum absolute atomic E-state index is 13.9. The summed E-state index contributed by atoms with van der Waals surface area (Å²) in [6.45, 7) is 8.84. The van der Waals surface area contributed by atoms with Crippen molar-refractivity contribution in [1.29, 1.82) is 0 Å². The van der Waals surface area contributed by atoms with Gasteiger partial charge in [-0.2, -0.15) is 0 Å². The number of piperidine rings is 1. The Hall–Kier alpha value is -4.63. The van der Waals surface area contributed by atoms with Crippen LogP contribution in [0.15, 0.2) is 42.2 Å². The first-order chi connectivity index (χ1) is 24.8. The molecule has 2 aliphatic rings. The van der Waals surface area contributed by atoms with Crippen LogP contribution in [0.2, 0.25) is 0 Å². The molecule has 280 valence electrons. The topological polar surface area (TPSA) is 187 Å². The number of β-amino-alcohol motifs (C(OH)–C–C–N with tert-alkyl or cyclic N) is 1. The van der Waals surface area contributed by atoms with Crippen LogP contribution in [0.3, 0.4) is 0 Å². The van der Waals surface area contributed by atoms with Gasteiger partial charge in [0.1, 0.15) is 12.1 Å². The monoisotopic (exact) mass is 735 g/mol. The van der Waals surface area contributed by atoms with Gasteiger partial charge in [-0.15, -0.1) is 11.3 Å². The van der Waals surface area contributed by atoms with Crippen molar-refractivity contribution < 1.29 is 34.1 Å². The molecule has 2 saturated heterocycles. The maximum atomic E-state index is 13.9. The number of carbonyl (C=O) groups excluding carboxylic acids is 3. The predicted octanol–water partition coefficient (Wildman–Crippen LogP) is 3.57. The lowest BCUT2D eigenvalue weighted by Gasteiger charge is -2.35. The number of hydrogen-bond acceptors (Lipinski definition) is 11. The van der Waals surface area contributed by atoms with Gasteiger partial charge in [-0.1, -0.05) is 45.0 Å². The Morgan fingerprint density at radius 2 is 1.75 bits per heavy atom. The number of carboxylic acid groups (broad SMARTS) is 1. The van der Waals surface area contributed by atoms with Crippen LogP contribution < -0.4 is 20.3 Å². The zero-order valence-electron chi connectivity index (χ0n) is 30.2. The summed E-state index contributed by atoms with van der Waals surface area (Å²) in [5, 5.41) is 25.1. The number of hydrogen-bond donors (Lipinski definition) is 4. The molecular formula is C37H49N7O7S. The van der Waals surface area contributed by atoms with Crippen molar-refractivity contribution >= 4 is 41.0 Å². The van der Waals surface area contributed by atoms with Gasteiger partial charge in [0.15, 0.2) is 12.4 Å². The highest BCUT2D eigenvalue weighted by Gasteiger charge is 2.44. The fourth-order valence-corrected chi connectivity index (χ4v) is 7.45. The molecule has 0 saturated carbocycles. The molecule has 2 aliphatic heterocycles. The van der Waals surface area contributed by atoms with Gasteiger partial charge in [-0.05, 0) is 55.1 Å². The Labute approximate surface area is 308 Å². The highest BCUT2D eigenvalue weighted by atomic mass is 32.1. The van der Waals surface area contributed by atoms with Crippen molar-refractivity contribution in [1.82, 2.24) is 30.5 Å². The summed E-state index contributed by atoms with van der Waals surface area (Å²) < 4.78 is 5.66. The number of ether oxygens (including phenoxy) is 1. The number of likely N-dealkylation sites (tertiary alicyclic amines) is 1. The van der Waals surface area contributed by atoms with Gasteiger partial charge >= 0.3 is 5.97 Å². The smallest absolute Gasteiger partial charge is 0.303 e. The summed E-state index contributed by atoms with van der Waals surface area (Å²) in [4.78, 5) is 68.8. The fourth-order valence-electron chi connectivity index (χ4n) is 6.64. The van der Waals surface area contributed by atoms with Crippen molar-refractivity contribution in [3.8, 4) is 16.2 Å². The average molecular weight is 736 g/mol. The number of aliphatic carboxylic acids is 1. The predicted molar refractivity (Wildman–Crippen MR) is 196 cm³/mol. The molecule has 4 heterocycles. The molecular weight excluding hydrogens is 687 g/mol. The molecule has 0 unspecified atom stereocenters. The summed E-state index contributed by atoms with van der Waals surface area (Å²) >= 11 is 1.57. The van der Waals surface area contributed by atoms with E-state index in [9.17, 15) is 24.3 Å². The van der Waals surface area contributed by atoms with Crippen molar-refractivity contribution in [2.75, 3.05) is 31.1 Å². The molecule has 3 amide bonds. The first-order valence-corrected chi connectivity index (χ1v) is 18.6. The van der Waals surface area contributed by atoms with E-state index in [1.807, 2.05) is 57.5 Å². The van der Waals surface area contributed by atoms with Crippen LogP contribution in [-0.4, -0.2) is 98.2 Å². The van der Waals surface area contributed by atoms with Gasteiger partial charge in [-0.25, -0.2) is 15.0 Å². The number of aliphatic hydroxyl groups excluding tert-OH is 1. The number of nitrogens with zero attached hydrogens (tertiary/aromatic N) is 5. The largest absolute Gasteiger partial charge is 0.481 e. The second kappa shape index (κ2) is 17.3. The molecule has 0 spiro atoms. The number of thiazole rings is 1. The minimum absolute atomic E-state index is 0.0230. The number of amides is 3. The van der Waals surface area contributed by atoms with Gasteiger partial charge in [0.2, 0.25) is 17.8 Å². The quantitative estimate of drug-likeness (QED) is 0.190. The summed E-state index contributed by atoms with van der Waals surface area (Å²) in [5.74, 6) is -0.770. The molecule has 1 aromatic carbocycles. The molecule has 0 bridgehead atoms. The van der Waals surface area contributed by atoms with Gasteiger partial charge < -0.3 is 35.4 Å². The molecule has 5 rings (SSSR count). The standard InChI is InChI=1S/C37H49N7O7S/c1-23-32(52-22-41-23)26-10-8-25(9-11-26)17-38-34(49)29-16-27(45)20-44(29)35(50)33(37(2,3)4)42-30(46)21-51-28-18-39-36(40-19-28)43-14-12-24(13-15-43)6-5-7-31(47)48/h8-11,18-19,22,24,27,29,33,45H,5-7,12-17,20-21H2,1-4H3,(H,38,49)(H,42,46)(H,47,48)/t27-,29+,33-/m1/s1. The van der Waals surface area contributed by atoms with Crippen LogP contribution in [0.1, 0.15) is 70.6 Å². The van der Waals surface area contributed by atoms with Gasteiger partial charge in [0, 0.05) is 39.0 Å². The Bertz CT molecular complexity index is 1690. The molecule has 3 aromatic rings. The summed E-state index contributed by atoms with van der Waals surface area (Å²) in [7, 11) is 0. The average Bonchev–Trinajstić information content (AvgIpc) is 3.73. The van der Waals surface area contributed by atoms with Gasteiger partial charge in [0.25, 0.3) is 5.91 Å². The lowest BCUT2D eigenvalue weighted by atomic mass is 9.85. The van der Waals surface area contributed by atoms with E-state index in [2.05, 4.69) is 30.5 Å². The second-order valence-corrected chi connectivity index (χ2v) is 15.5. The summed E-state index contributed by atoms with van der Waals surface area (Å²) in [6, 6.07) is 5.97. The third kappa shape index (κ3) is 10.2. The normalized spacial score (nSPS) is 18.6. The molecule has 4 N–H and O–H groups in total. The highest BCUT2D eigenvalue weighted by Crippen LogP contribution is 2.29. The zero-order chi connectivity index (χ0) is 37.4. The van der Waals surface area contributed by atoms with E-state index in [1.165, 1.54) is 17.3 Å². The maximum Gasteiger partial charge on any atom is 0.303 e. The van der Waals surface area contributed by atoms with Crippen molar-refractivity contribution in [2.24, 2.45) is 11.3 Å². The third-order valence-electron chi connectivity index (χ3n) is 9.60. The molecule has 0 radical (unpaired) electrons. The summed E-state index contributed by atoms with van der Waals surface area (Å²) in [6.07, 6.45) is 5.90. The zero-order valence-corrected chi connectivity index (χ0v) is 31.0. The van der Waals surface area contributed by atoms with Crippen LogP contribution in [0, 0.1) is 18.3 Å².